The number of hydrogen-bond acceptors (Lipinski definition) is 1. The molecule has 0 aliphatic carbocycles. The van der Waals surface area contributed by atoms with E-state index in [1.54, 1.807) is 0 Å². The zero-order chi connectivity index (χ0) is 20.5. The van der Waals surface area contributed by atoms with Gasteiger partial charge in [0.15, 0.2) is 11.4 Å². The Kier molecular flexibility index (Phi) is 5.11. The lowest BCUT2D eigenvalue weighted by atomic mass is 10.00. The average Bonchev–Trinajstić information content (AvgIpc) is 3.06. The molecule has 3 nitrogen and oxygen atoms in total. The molecule has 150 valence electrons. The summed E-state index contributed by atoms with van der Waals surface area (Å²) in [5.41, 5.74) is 7.56. The molecule has 2 heterocycles. The predicted molar refractivity (Wildman–Crippen MR) is 127 cm³/mol. The Labute approximate surface area is 182 Å². The number of hydrogen-bond donors (Lipinski definition) is 1. The molecule has 5 rings (SSSR count). The highest BCUT2D eigenvalue weighted by molar-refractivity contribution is 7.71. The lowest BCUT2D eigenvalue weighted by Gasteiger charge is -2.24. The normalized spacial score (nSPS) is 16.6. The van der Waals surface area contributed by atoms with E-state index < -0.39 is 0 Å². The van der Waals surface area contributed by atoms with Crippen LogP contribution in [0.4, 0.5) is 0 Å². The van der Waals surface area contributed by atoms with Gasteiger partial charge in [-0.3, -0.25) is 9.13 Å². The van der Waals surface area contributed by atoms with Crippen molar-refractivity contribution in [3.8, 4) is 5.69 Å². The van der Waals surface area contributed by atoms with Crippen LogP contribution in [0.5, 0.6) is 0 Å². The Balaban J connectivity index is 1.48. The number of aryl methyl sites for hydroxylation is 1. The number of para-hydroxylation sites is 2. The molecule has 0 bridgehead atoms. The molecular formula is C26H26N3S+. The van der Waals surface area contributed by atoms with Crippen LogP contribution in [0.2, 0.25) is 0 Å². The number of rotatable bonds is 4. The second-order valence-corrected chi connectivity index (χ2v) is 8.45. The van der Waals surface area contributed by atoms with Crippen molar-refractivity contribution >= 4 is 28.8 Å². The molecule has 0 saturated heterocycles. The van der Waals surface area contributed by atoms with E-state index in [4.69, 9.17) is 12.2 Å². The van der Waals surface area contributed by atoms with Crippen LogP contribution < -0.4 is 4.90 Å². The Hall–Kier alpha value is -2.95. The third-order valence-corrected chi connectivity index (χ3v) is 6.41. The van der Waals surface area contributed by atoms with Crippen molar-refractivity contribution in [3.63, 3.8) is 0 Å². The first-order chi connectivity index (χ1) is 14.7. The van der Waals surface area contributed by atoms with Gasteiger partial charge in [-0.05, 0) is 66.2 Å². The fourth-order valence-corrected chi connectivity index (χ4v) is 4.81. The SMILES string of the molecule is Cc1cccc(-n2c(=S)n(C[NH+]3CC=C(c4ccccc4)CC3)c3ccccc32)c1. The first kappa shape index (κ1) is 19.0. The first-order valence-electron chi connectivity index (χ1n) is 10.6. The summed E-state index contributed by atoms with van der Waals surface area (Å²) in [6, 6.07) is 27.9. The van der Waals surface area contributed by atoms with Crippen molar-refractivity contribution < 1.29 is 4.90 Å². The second-order valence-electron chi connectivity index (χ2n) is 8.08. The number of nitrogens with one attached hydrogen (secondary N) is 1. The Morgan fingerprint density at radius 3 is 2.40 bits per heavy atom. The minimum Gasteiger partial charge on any atom is -0.314 e. The molecule has 1 atom stereocenters. The molecule has 1 aliphatic heterocycles. The van der Waals surface area contributed by atoms with Crippen molar-refractivity contribution in [2.45, 2.75) is 20.0 Å². The van der Waals surface area contributed by atoms with Crippen molar-refractivity contribution in [2.75, 3.05) is 13.1 Å². The number of quaternary nitrogens is 1. The van der Waals surface area contributed by atoms with Crippen LogP contribution >= 0.6 is 12.2 Å². The summed E-state index contributed by atoms with van der Waals surface area (Å²) < 4.78 is 5.39. The van der Waals surface area contributed by atoms with Crippen molar-refractivity contribution in [3.05, 3.63) is 101 Å². The van der Waals surface area contributed by atoms with Crippen molar-refractivity contribution in [1.82, 2.24) is 9.13 Å². The fraction of sp³-hybridized carbons (Fsp3) is 0.192. The highest BCUT2D eigenvalue weighted by atomic mass is 32.1. The van der Waals surface area contributed by atoms with Gasteiger partial charge in [-0.1, -0.05) is 54.6 Å². The molecule has 1 aromatic heterocycles. The molecule has 3 aromatic carbocycles. The molecule has 1 N–H and O–H groups in total. The minimum atomic E-state index is 0.868. The van der Waals surface area contributed by atoms with Crippen LogP contribution in [0.3, 0.4) is 0 Å². The molecule has 1 unspecified atom stereocenters. The maximum absolute atomic E-state index is 5.98. The maximum atomic E-state index is 5.98. The topological polar surface area (TPSA) is 14.3 Å². The zero-order valence-corrected chi connectivity index (χ0v) is 18.0. The Morgan fingerprint density at radius 2 is 1.67 bits per heavy atom. The summed E-state index contributed by atoms with van der Waals surface area (Å²) in [5, 5.41) is 0. The molecule has 4 heteroatoms. The van der Waals surface area contributed by atoms with Gasteiger partial charge in [-0.25, -0.2) is 0 Å². The van der Waals surface area contributed by atoms with Gasteiger partial charge in [0.1, 0.15) is 0 Å². The van der Waals surface area contributed by atoms with E-state index in [1.807, 2.05) is 0 Å². The number of aromatic nitrogens is 2. The van der Waals surface area contributed by atoms with Gasteiger partial charge in [-0.2, -0.15) is 0 Å². The molecule has 1 aliphatic rings. The first-order valence-corrected chi connectivity index (χ1v) is 11.0. The quantitative estimate of drug-likeness (QED) is 0.476. The van der Waals surface area contributed by atoms with Gasteiger partial charge in [0.2, 0.25) is 0 Å². The van der Waals surface area contributed by atoms with Crippen molar-refractivity contribution in [2.24, 2.45) is 0 Å². The van der Waals surface area contributed by atoms with Crippen molar-refractivity contribution in [1.29, 1.82) is 0 Å². The van der Waals surface area contributed by atoms with E-state index >= 15 is 0 Å². The molecule has 4 aromatic rings. The van der Waals surface area contributed by atoms with Crippen LogP contribution in [-0.4, -0.2) is 22.2 Å². The van der Waals surface area contributed by atoms with Gasteiger partial charge in [0.25, 0.3) is 0 Å². The maximum Gasteiger partial charge on any atom is 0.189 e. The fourth-order valence-electron chi connectivity index (χ4n) is 4.44. The van der Waals surface area contributed by atoms with Gasteiger partial charge in [0.05, 0.1) is 24.1 Å². The third kappa shape index (κ3) is 3.53. The Morgan fingerprint density at radius 1 is 0.900 bits per heavy atom. The smallest absolute Gasteiger partial charge is 0.189 e. The standard InChI is InChI=1S/C26H25N3S/c1-20-8-7-11-23(18-20)29-25-13-6-5-12-24(25)28(26(29)30)19-27-16-14-22(15-17-27)21-9-3-2-4-10-21/h2-14,18H,15-17,19H2,1H3/p+1. The van der Waals surface area contributed by atoms with Crippen LogP contribution in [-0.2, 0) is 6.67 Å². The van der Waals surface area contributed by atoms with E-state index in [9.17, 15) is 0 Å². The van der Waals surface area contributed by atoms with Gasteiger partial charge in [-0.15, -0.1) is 0 Å². The highest BCUT2D eigenvalue weighted by Crippen LogP contribution is 2.23. The van der Waals surface area contributed by atoms with Crippen LogP contribution in [0.1, 0.15) is 17.5 Å². The lowest BCUT2D eigenvalue weighted by Crippen LogP contribution is -3.11. The number of imidazole rings is 1. The van der Waals surface area contributed by atoms with Crippen LogP contribution in [0.15, 0.2) is 84.9 Å². The largest absolute Gasteiger partial charge is 0.314 e. The highest BCUT2D eigenvalue weighted by Gasteiger charge is 2.19. The minimum absolute atomic E-state index is 0.868. The van der Waals surface area contributed by atoms with E-state index in [1.165, 1.54) is 32.6 Å². The summed E-state index contributed by atoms with van der Waals surface area (Å²) in [4.78, 5) is 1.54. The van der Waals surface area contributed by atoms with E-state index in [2.05, 4.69) is 101 Å². The van der Waals surface area contributed by atoms with Gasteiger partial charge in [0, 0.05) is 12.1 Å². The third-order valence-electron chi connectivity index (χ3n) is 6.01. The zero-order valence-electron chi connectivity index (χ0n) is 17.2. The molecular weight excluding hydrogens is 386 g/mol. The van der Waals surface area contributed by atoms with E-state index in [0.717, 1.165) is 36.6 Å². The summed E-state index contributed by atoms with van der Waals surface area (Å²) in [6.07, 6.45) is 3.50. The molecule has 0 spiro atoms. The molecule has 0 saturated carbocycles. The number of nitrogens with zero attached hydrogens (tertiary/aromatic N) is 2. The molecule has 0 radical (unpaired) electrons. The average molecular weight is 413 g/mol. The van der Waals surface area contributed by atoms with Gasteiger partial charge < -0.3 is 4.90 Å². The number of benzene rings is 3. The number of fused-ring (bicyclic) bond motifs is 1. The monoisotopic (exact) mass is 412 g/mol. The summed E-state index contributed by atoms with van der Waals surface area (Å²) >= 11 is 5.98. The Bertz CT molecular complexity index is 1280. The molecule has 0 amide bonds. The second kappa shape index (κ2) is 8.05. The van der Waals surface area contributed by atoms with E-state index in [-0.39, 0.29) is 0 Å². The summed E-state index contributed by atoms with van der Waals surface area (Å²) in [7, 11) is 0. The predicted octanol–water partition coefficient (Wildman–Crippen LogP) is 4.80. The molecule has 30 heavy (non-hydrogen) atoms. The van der Waals surface area contributed by atoms with Crippen LogP contribution in [0, 0.1) is 11.7 Å². The van der Waals surface area contributed by atoms with Gasteiger partial charge >= 0.3 is 0 Å². The lowest BCUT2D eigenvalue weighted by molar-refractivity contribution is -0.917. The van der Waals surface area contributed by atoms with Crippen LogP contribution in [0.25, 0.3) is 22.3 Å². The summed E-state index contributed by atoms with van der Waals surface area (Å²) in [5.74, 6) is 0. The van der Waals surface area contributed by atoms with E-state index in [0.29, 0.717) is 0 Å². The summed E-state index contributed by atoms with van der Waals surface area (Å²) in [6.45, 7) is 5.15. The molecule has 0 fully saturated rings.